The summed E-state index contributed by atoms with van der Waals surface area (Å²) in [6, 6.07) is 5.66. The molecular formula is C12H16F3NS. The molecule has 0 unspecified atom stereocenters. The number of thioether (sulfide) groups is 1. The SMILES string of the molecule is CC(C)(N)CSCc1ccccc1C(F)(F)F. The molecule has 0 atom stereocenters. The van der Waals surface area contributed by atoms with E-state index in [4.69, 9.17) is 5.73 Å². The van der Waals surface area contributed by atoms with Crippen molar-refractivity contribution in [2.75, 3.05) is 5.75 Å². The maximum Gasteiger partial charge on any atom is 0.416 e. The van der Waals surface area contributed by atoms with E-state index in [0.29, 0.717) is 17.1 Å². The number of nitrogens with two attached hydrogens (primary N) is 1. The quantitative estimate of drug-likeness (QED) is 0.896. The van der Waals surface area contributed by atoms with E-state index in [-0.39, 0.29) is 5.54 Å². The molecule has 0 saturated heterocycles. The molecule has 2 N–H and O–H groups in total. The summed E-state index contributed by atoms with van der Waals surface area (Å²) in [6.07, 6.45) is -4.28. The van der Waals surface area contributed by atoms with Crippen LogP contribution in [-0.2, 0) is 11.9 Å². The van der Waals surface area contributed by atoms with Gasteiger partial charge in [0, 0.05) is 17.0 Å². The van der Waals surface area contributed by atoms with Gasteiger partial charge in [0.05, 0.1) is 5.56 Å². The highest BCUT2D eigenvalue weighted by Gasteiger charge is 2.32. The van der Waals surface area contributed by atoms with Crippen LogP contribution in [0.1, 0.15) is 25.0 Å². The molecule has 1 nitrogen and oxygen atoms in total. The van der Waals surface area contributed by atoms with Gasteiger partial charge in [-0.1, -0.05) is 18.2 Å². The van der Waals surface area contributed by atoms with Crippen molar-refractivity contribution in [3.63, 3.8) is 0 Å². The van der Waals surface area contributed by atoms with E-state index in [0.717, 1.165) is 6.07 Å². The van der Waals surface area contributed by atoms with Crippen LogP contribution in [-0.4, -0.2) is 11.3 Å². The van der Waals surface area contributed by atoms with Crippen molar-refractivity contribution in [1.29, 1.82) is 0 Å². The van der Waals surface area contributed by atoms with Crippen LogP contribution >= 0.6 is 11.8 Å². The van der Waals surface area contributed by atoms with Gasteiger partial charge in [-0.3, -0.25) is 0 Å². The first-order valence-corrected chi connectivity index (χ1v) is 6.37. The van der Waals surface area contributed by atoms with Crippen LogP contribution < -0.4 is 5.73 Å². The van der Waals surface area contributed by atoms with Gasteiger partial charge in [-0.05, 0) is 25.5 Å². The lowest BCUT2D eigenvalue weighted by Gasteiger charge is -2.18. The normalized spacial score (nSPS) is 12.8. The molecule has 0 spiro atoms. The third kappa shape index (κ3) is 5.00. The van der Waals surface area contributed by atoms with E-state index in [1.807, 2.05) is 13.8 Å². The summed E-state index contributed by atoms with van der Waals surface area (Å²) in [5, 5.41) is 0. The molecule has 0 aliphatic heterocycles. The zero-order valence-corrected chi connectivity index (χ0v) is 10.7. The molecule has 0 heterocycles. The minimum absolute atomic E-state index is 0.314. The Labute approximate surface area is 104 Å². The van der Waals surface area contributed by atoms with Crippen molar-refractivity contribution in [3.05, 3.63) is 35.4 Å². The van der Waals surface area contributed by atoms with Crippen LogP contribution in [0, 0.1) is 0 Å². The Morgan fingerprint density at radius 1 is 1.18 bits per heavy atom. The molecule has 0 radical (unpaired) electrons. The third-order valence-electron chi connectivity index (χ3n) is 2.05. The summed E-state index contributed by atoms with van der Waals surface area (Å²) in [7, 11) is 0. The summed E-state index contributed by atoms with van der Waals surface area (Å²) < 4.78 is 38.0. The van der Waals surface area contributed by atoms with Crippen molar-refractivity contribution in [2.45, 2.75) is 31.3 Å². The van der Waals surface area contributed by atoms with Crippen molar-refractivity contribution in [1.82, 2.24) is 0 Å². The second kappa shape index (κ2) is 5.31. The van der Waals surface area contributed by atoms with Gasteiger partial charge in [-0.15, -0.1) is 0 Å². The van der Waals surface area contributed by atoms with E-state index in [1.54, 1.807) is 6.07 Å². The molecule has 1 aromatic rings. The highest BCUT2D eigenvalue weighted by Crippen LogP contribution is 2.33. The fourth-order valence-corrected chi connectivity index (χ4v) is 2.45. The Kier molecular flexibility index (Phi) is 4.49. The molecule has 0 aromatic heterocycles. The minimum Gasteiger partial charge on any atom is -0.325 e. The van der Waals surface area contributed by atoms with Gasteiger partial charge in [-0.2, -0.15) is 24.9 Å². The van der Waals surface area contributed by atoms with E-state index in [9.17, 15) is 13.2 Å². The summed E-state index contributed by atoms with van der Waals surface area (Å²) in [6.45, 7) is 3.71. The Morgan fingerprint density at radius 2 is 1.76 bits per heavy atom. The molecule has 0 bridgehead atoms. The van der Waals surface area contributed by atoms with Crippen LogP contribution in [0.4, 0.5) is 13.2 Å². The predicted molar refractivity (Wildman–Crippen MR) is 65.9 cm³/mol. The van der Waals surface area contributed by atoms with Gasteiger partial charge in [0.15, 0.2) is 0 Å². The summed E-state index contributed by atoms with van der Waals surface area (Å²) in [4.78, 5) is 0. The van der Waals surface area contributed by atoms with Crippen LogP contribution in [0.25, 0.3) is 0 Å². The molecular weight excluding hydrogens is 247 g/mol. The van der Waals surface area contributed by atoms with E-state index in [2.05, 4.69) is 0 Å². The number of benzene rings is 1. The van der Waals surface area contributed by atoms with Crippen molar-refractivity contribution < 1.29 is 13.2 Å². The average molecular weight is 263 g/mol. The lowest BCUT2D eigenvalue weighted by Crippen LogP contribution is -2.34. The highest BCUT2D eigenvalue weighted by molar-refractivity contribution is 7.98. The molecule has 0 fully saturated rings. The zero-order valence-electron chi connectivity index (χ0n) is 9.84. The Hall–Kier alpha value is -0.680. The van der Waals surface area contributed by atoms with Crippen LogP contribution in [0.2, 0.25) is 0 Å². The standard InChI is InChI=1S/C12H16F3NS/c1-11(2,16)8-17-7-9-5-3-4-6-10(9)12(13,14)15/h3-6H,7-8,16H2,1-2H3. The van der Waals surface area contributed by atoms with E-state index >= 15 is 0 Å². The van der Waals surface area contributed by atoms with Gasteiger partial charge >= 0.3 is 6.18 Å². The monoisotopic (exact) mass is 263 g/mol. The molecule has 5 heteroatoms. The molecule has 0 saturated carbocycles. The fraction of sp³-hybridized carbons (Fsp3) is 0.500. The lowest BCUT2D eigenvalue weighted by molar-refractivity contribution is -0.138. The molecule has 96 valence electrons. The number of hydrogen-bond acceptors (Lipinski definition) is 2. The minimum atomic E-state index is -4.28. The second-order valence-electron chi connectivity index (χ2n) is 4.64. The Morgan fingerprint density at radius 3 is 2.29 bits per heavy atom. The molecule has 1 aromatic carbocycles. The van der Waals surface area contributed by atoms with Crippen molar-refractivity contribution in [3.8, 4) is 0 Å². The number of halogens is 3. The van der Waals surface area contributed by atoms with Crippen LogP contribution in [0.5, 0.6) is 0 Å². The first-order chi connectivity index (χ1) is 7.70. The summed E-state index contributed by atoms with van der Waals surface area (Å²) >= 11 is 1.42. The maximum absolute atomic E-state index is 12.7. The fourth-order valence-electron chi connectivity index (χ4n) is 1.35. The van der Waals surface area contributed by atoms with Crippen LogP contribution in [0.3, 0.4) is 0 Å². The molecule has 1 rings (SSSR count). The number of rotatable bonds is 4. The van der Waals surface area contributed by atoms with Gasteiger partial charge in [0.2, 0.25) is 0 Å². The average Bonchev–Trinajstić information content (AvgIpc) is 2.15. The third-order valence-corrected chi connectivity index (χ3v) is 3.52. The second-order valence-corrected chi connectivity index (χ2v) is 5.62. The molecule has 0 amide bonds. The van der Waals surface area contributed by atoms with Gasteiger partial charge in [0.1, 0.15) is 0 Å². The first kappa shape index (κ1) is 14.4. The van der Waals surface area contributed by atoms with Gasteiger partial charge < -0.3 is 5.73 Å². The van der Waals surface area contributed by atoms with Gasteiger partial charge in [-0.25, -0.2) is 0 Å². The molecule has 0 aliphatic rings. The highest BCUT2D eigenvalue weighted by atomic mass is 32.2. The summed E-state index contributed by atoms with van der Waals surface area (Å²) in [5.74, 6) is 0.954. The lowest BCUT2D eigenvalue weighted by atomic mass is 10.1. The first-order valence-electron chi connectivity index (χ1n) is 5.22. The van der Waals surface area contributed by atoms with Gasteiger partial charge in [0.25, 0.3) is 0 Å². The van der Waals surface area contributed by atoms with Crippen molar-refractivity contribution >= 4 is 11.8 Å². The molecule has 0 aliphatic carbocycles. The molecule has 17 heavy (non-hydrogen) atoms. The maximum atomic E-state index is 12.7. The predicted octanol–water partition coefficient (Wildman–Crippen LogP) is 3.68. The summed E-state index contributed by atoms with van der Waals surface area (Å²) in [5.41, 5.74) is 5.18. The number of alkyl halides is 3. The van der Waals surface area contributed by atoms with Crippen LogP contribution in [0.15, 0.2) is 24.3 Å². The smallest absolute Gasteiger partial charge is 0.325 e. The van der Waals surface area contributed by atoms with E-state index < -0.39 is 11.7 Å². The zero-order chi connectivity index (χ0) is 13.1. The van der Waals surface area contributed by atoms with Crippen molar-refractivity contribution in [2.24, 2.45) is 5.73 Å². The topological polar surface area (TPSA) is 26.0 Å². The van der Waals surface area contributed by atoms with E-state index in [1.165, 1.54) is 23.9 Å². The number of hydrogen-bond donors (Lipinski definition) is 1. The Bertz CT molecular complexity index is 369. The largest absolute Gasteiger partial charge is 0.416 e. The Balaban J connectivity index is 2.72.